The molecule has 7 rings (SSSR count). The van der Waals surface area contributed by atoms with Crippen molar-refractivity contribution in [1.29, 1.82) is 5.26 Å². The van der Waals surface area contributed by atoms with E-state index < -0.39 is 5.41 Å². The molecule has 6 heterocycles. The number of aryl methyl sites for hydroxylation is 1. The summed E-state index contributed by atoms with van der Waals surface area (Å²) in [6.07, 6.45) is 6.79. The van der Waals surface area contributed by atoms with Crippen LogP contribution in [0, 0.1) is 11.3 Å². The van der Waals surface area contributed by atoms with Crippen LogP contribution in [0.25, 0.3) is 11.5 Å². The fourth-order valence-corrected chi connectivity index (χ4v) is 9.20. The van der Waals surface area contributed by atoms with Crippen LogP contribution in [-0.2, 0) is 16.6 Å². The van der Waals surface area contributed by atoms with Gasteiger partial charge >= 0.3 is 0 Å². The highest BCUT2D eigenvalue weighted by atomic mass is 32.1. The van der Waals surface area contributed by atoms with Crippen molar-refractivity contribution < 1.29 is 9.32 Å². The Kier molecular flexibility index (Phi) is 7.52. The summed E-state index contributed by atoms with van der Waals surface area (Å²) in [6, 6.07) is 4.81. The molecule has 12 nitrogen and oxygen atoms in total. The topological polar surface area (TPSA) is 145 Å². The Labute approximate surface area is 267 Å². The van der Waals surface area contributed by atoms with E-state index in [1.165, 1.54) is 17.4 Å². The van der Waals surface area contributed by atoms with Gasteiger partial charge in [0.1, 0.15) is 22.6 Å². The molecule has 3 aromatic rings. The minimum atomic E-state index is -0.617. The first kappa shape index (κ1) is 29.7. The number of likely N-dealkylation sites (N-methyl/N-ethyl adjacent to an activating group) is 1. The fraction of sp³-hybridized carbons (Fsp3) is 0.562. The number of nitrogens with zero attached hydrogens (tertiary/aromatic N) is 9. The van der Waals surface area contributed by atoms with E-state index in [-0.39, 0.29) is 24.0 Å². The van der Waals surface area contributed by atoms with Gasteiger partial charge in [-0.1, -0.05) is 11.7 Å². The van der Waals surface area contributed by atoms with Gasteiger partial charge in [0, 0.05) is 48.7 Å². The highest BCUT2D eigenvalue weighted by Gasteiger charge is 2.45. The number of thiophene rings is 1. The fourth-order valence-electron chi connectivity index (χ4n) is 8.00. The van der Waals surface area contributed by atoms with Crippen LogP contribution in [0.3, 0.4) is 0 Å². The van der Waals surface area contributed by atoms with E-state index in [2.05, 4.69) is 53.4 Å². The number of carbonyl (C=O) groups excluding carboxylic acids is 1. The Morgan fingerprint density at radius 3 is 2.80 bits per heavy atom. The summed E-state index contributed by atoms with van der Waals surface area (Å²) in [5, 5.41) is 15.0. The maximum absolute atomic E-state index is 12.6. The van der Waals surface area contributed by atoms with Crippen molar-refractivity contribution in [1.82, 2.24) is 29.9 Å². The van der Waals surface area contributed by atoms with Crippen molar-refractivity contribution in [3.8, 4) is 17.6 Å². The second-order valence-corrected chi connectivity index (χ2v) is 14.2. The van der Waals surface area contributed by atoms with E-state index in [9.17, 15) is 10.1 Å². The van der Waals surface area contributed by atoms with E-state index >= 15 is 0 Å². The minimum absolute atomic E-state index is 0.0125. The molecular weight excluding hydrogens is 588 g/mol. The molecule has 0 saturated carbocycles. The van der Waals surface area contributed by atoms with Gasteiger partial charge in [0.2, 0.25) is 23.6 Å². The van der Waals surface area contributed by atoms with Crippen LogP contribution in [0.15, 0.2) is 23.2 Å². The number of rotatable bonds is 5. The normalized spacial score (nSPS) is 26.8. The monoisotopic (exact) mass is 628 g/mol. The number of amides is 1. The summed E-state index contributed by atoms with van der Waals surface area (Å²) in [4.78, 5) is 37.8. The summed E-state index contributed by atoms with van der Waals surface area (Å²) in [6.45, 7) is 12.3. The van der Waals surface area contributed by atoms with Gasteiger partial charge in [0.15, 0.2) is 0 Å². The Morgan fingerprint density at radius 2 is 2.00 bits per heavy atom. The van der Waals surface area contributed by atoms with Crippen LogP contribution in [0.2, 0.25) is 0 Å². The number of nitriles is 1. The van der Waals surface area contributed by atoms with Crippen LogP contribution < -0.4 is 15.5 Å². The molecule has 236 valence electrons. The van der Waals surface area contributed by atoms with Gasteiger partial charge in [-0.15, -0.1) is 11.3 Å². The number of hydrogen-bond acceptors (Lipinski definition) is 12. The lowest BCUT2D eigenvalue weighted by molar-refractivity contribution is -0.126. The molecule has 1 amide bonds. The largest absolute Gasteiger partial charge is 0.389 e. The van der Waals surface area contributed by atoms with E-state index in [0.717, 1.165) is 81.0 Å². The summed E-state index contributed by atoms with van der Waals surface area (Å²) >= 11 is 1.49. The van der Waals surface area contributed by atoms with Crippen LogP contribution in [0.4, 0.5) is 16.8 Å². The van der Waals surface area contributed by atoms with Crippen molar-refractivity contribution in [2.45, 2.75) is 75.9 Å². The molecule has 0 radical (unpaired) electrons. The number of fused-ring (bicyclic) bond motifs is 2. The first-order valence-electron chi connectivity index (χ1n) is 15.9. The molecule has 3 aliphatic heterocycles. The third-order valence-electron chi connectivity index (χ3n) is 10.2. The van der Waals surface area contributed by atoms with Gasteiger partial charge in [-0.25, -0.2) is 4.98 Å². The first-order valence-corrected chi connectivity index (χ1v) is 16.7. The van der Waals surface area contributed by atoms with Gasteiger partial charge in [-0.05, 0) is 72.0 Å². The lowest BCUT2D eigenvalue weighted by atomic mass is 9.72. The van der Waals surface area contributed by atoms with Gasteiger partial charge in [-0.3, -0.25) is 4.79 Å². The average molecular weight is 629 g/mol. The van der Waals surface area contributed by atoms with E-state index in [0.29, 0.717) is 40.5 Å². The van der Waals surface area contributed by atoms with Crippen molar-refractivity contribution >= 4 is 34.0 Å². The van der Waals surface area contributed by atoms with E-state index in [1.807, 2.05) is 11.0 Å². The average Bonchev–Trinajstić information content (AvgIpc) is 3.80. The zero-order valence-corrected chi connectivity index (χ0v) is 27.0. The Balaban J connectivity index is 1.29. The molecule has 2 N–H and O–H groups in total. The maximum Gasteiger partial charge on any atom is 0.246 e. The van der Waals surface area contributed by atoms with E-state index in [1.54, 1.807) is 0 Å². The number of aromatic nitrogens is 4. The second-order valence-electron chi connectivity index (χ2n) is 13.1. The molecule has 1 aliphatic carbocycles. The molecule has 0 aromatic carbocycles. The number of carbonyl (C=O) groups is 1. The summed E-state index contributed by atoms with van der Waals surface area (Å²) in [5.41, 5.74) is 7.69. The molecule has 45 heavy (non-hydrogen) atoms. The molecule has 3 fully saturated rings. The molecule has 2 unspecified atom stereocenters. The predicted octanol–water partition coefficient (Wildman–Crippen LogP) is 3.58. The summed E-state index contributed by atoms with van der Waals surface area (Å²) < 4.78 is 6.00. The van der Waals surface area contributed by atoms with Gasteiger partial charge in [0.25, 0.3) is 0 Å². The zero-order chi connectivity index (χ0) is 31.5. The number of nitrogen functional groups attached to an aromatic ring is 1. The quantitative estimate of drug-likeness (QED) is 0.414. The highest BCUT2D eigenvalue weighted by Crippen LogP contribution is 2.48. The molecule has 0 bridgehead atoms. The number of hydrogen-bond donors (Lipinski definition) is 1. The SMILES string of the molecule is C=CC(=O)N1CCC2C1CCN2c1cc(-c2noc([C@@]3(C)CCCc4sc(N)c(C#N)c43)n2)nc(N2CCCN(C)C[C@@H]2C)n1. The van der Waals surface area contributed by atoms with Crippen LogP contribution in [0.5, 0.6) is 0 Å². The number of likely N-dealkylation sites (tertiary alicyclic amines) is 1. The molecule has 3 saturated heterocycles. The van der Waals surface area contributed by atoms with Gasteiger partial charge in [0.05, 0.1) is 23.1 Å². The zero-order valence-electron chi connectivity index (χ0n) is 26.2. The highest BCUT2D eigenvalue weighted by molar-refractivity contribution is 7.16. The third kappa shape index (κ3) is 4.95. The number of anilines is 3. The van der Waals surface area contributed by atoms with Crippen molar-refractivity contribution in [2.24, 2.45) is 0 Å². The maximum atomic E-state index is 12.6. The Morgan fingerprint density at radius 1 is 1.18 bits per heavy atom. The molecule has 4 atom stereocenters. The van der Waals surface area contributed by atoms with Crippen molar-refractivity contribution in [3.63, 3.8) is 0 Å². The Bertz CT molecular complexity index is 1680. The third-order valence-corrected chi connectivity index (χ3v) is 11.3. The molecular formula is C32H40N10O2S. The van der Waals surface area contributed by atoms with Gasteiger partial charge in [-0.2, -0.15) is 15.2 Å². The van der Waals surface area contributed by atoms with Crippen LogP contribution >= 0.6 is 11.3 Å². The number of nitrogens with two attached hydrogens (primary N) is 1. The molecule has 3 aromatic heterocycles. The predicted molar refractivity (Wildman–Crippen MR) is 173 cm³/mol. The lowest BCUT2D eigenvalue weighted by Gasteiger charge is -2.31. The van der Waals surface area contributed by atoms with Crippen LogP contribution in [-0.4, -0.2) is 93.7 Å². The first-order chi connectivity index (χ1) is 21.7. The lowest BCUT2D eigenvalue weighted by Crippen LogP contribution is -2.40. The van der Waals surface area contributed by atoms with Crippen molar-refractivity contribution in [2.75, 3.05) is 55.3 Å². The molecule has 13 heteroatoms. The summed E-state index contributed by atoms with van der Waals surface area (Å²) in [5.74, 6) is 2.32. The Hall–Kier alpha value is -4.02. The summed E-state index contributed by atoms with van der Waals surface area (Å²) in [7, 11) is 2.15. The molecule has 4 aliphatic rings. The smallest absolute Gasteiger partial charge is 0.246 e. The minimum Gasteiger partial charge on any atom is -0.389 e. The van der Waals surface area contributed by atoms with Crippen LogP contribution in [0.1, 0.15) is 67.8 Å². The van der Waals surface area contributed by atoms with E-state index in [4.69, 9.17) is 25.2 Å². The van der Waals surface area contributed by atoms with Gasteiger partial charge < -0.3 is 29.9 Å². The standard InChI is InChI=1S/C32H40N10O2S/c1-5-26(43)42-15-10-22-23(42)9-14-41(22)25-16-21(35-31(36-25)40-13-7-12-39(4)18-19(40)2)29-37-30(44-38-29)32(3)11-6-8-24-27(32)20(17-33)28(34)45-24/h5,16,19,22-23H,1,6-15,18,34H2,2-4H3/t19-,22?,23?,32-/m0/s1. The molecule has 0 spiro atoms. The van der Waals surface area contributed by atoms with Crippen molar-refractivity contribution in [3.05, 3.63) is 40.6 Å². The second kappa shape index (κ2) is 11.4.